The van der Waals surface area contributed by atoms with Gasteiger partial charge in [-0.3, -0.25) is 19.2 Å². The maximum absolute atomic E-state index is 11.6. The summed E-state index contributed by atoms with van der Waals surface area (Å²) in [5.41, 5.74) is 3.46. The molecular weight excluding hydrogens is 544 g/mol. The molecule has 2 aliphatic rings. The van der Waals surface area contributed by atoms with Crippen molar-refractivity contribution in [3.63, 3.8) is 0 Å². The van der Waals surface area contributed by atoms with Gasteiger partial charge in [0.2, 0.25) is 0 Å². The number of benzene rings is 2. The fraction of sp³-hybridized carbons (Fsp3) is 0.375. The zero-order valence-electron chi connectivity index (χ0n) is 23.4. The van der Waals surface area contributed by atoms with Gasteiger partial charge in [0, 0.05) is 22.7 Å². The van der Waals surface area contributed by atoms with Gasteiger partial charge in [-0.2, -0.15) is 0 Å². The van der Waals surface area contributed by atoms with Crippen molar-refractivity contribution in [1.82, 2.24) is 0 Å². The van der Waals surface area contributed by atoms with E-state index >= 15 is 0 Å². The predicted molar refractivity (Wildman–Crippen MR) is 164 cm³/mol. The van der Waals surface area contributed by atoms with Gasteiger partial charge in [-0.05, 0) is 61.1 Å². The van der Waals surface area contributed by atoms with Crippen molar-refractivity contribution >= 4 is 59.2 Å². The van der Waals surface area contributed by atoms with Crippen molar-refractivity contribution in [3.8, 4) is 0 Å². The summed E-state index contributed by atoms with van der Waals surface area (Å²) in [6.45, 7) is 7.22. The van der Waals surface area contributed by atoms with E-state index in [9.17, 15) is 29.4 Å². The number of hydrogen-bond acceptors (Lipinski definition) is 6. The average molecular weight is 581 g/mol. The van der Waals surface area contributed by atoms with Crippen molar-refractivity contribution in [1.29, 1.82) is 0 Å². The van der Waals surface area contributed by atoms with E-state index in [0.717, 1.165) is 44.9 Å². The molecule has 40 heavy (non-hydrogen) atoms. The predicted octanol–water partition coefficient (Wildman–Crippen LogP) is 6.28. The third kappa shape index (κ3) is 7.15. The van der Waals surface area contributed by atoms with E-state index < -0.39 is 22.8 Å². The van der Waals surface area contributed by atoms with Crippen LogP contribution in [0, 0.1) is 0 Å². The zero-order valence-corrected chi connectivity index (χ0v) is 25.0. The molecule has 2 aliphatic heterocycles. The summed E-state index contributed by atoms with van der Waals surface area (Å²) in [4.78, 5) is 45.9. The topological polar surface area (TPSA) is 109 Å². The Balaban J connectivity index is 0.000000220. The van der Waals surface area contributed by atoms with E-state index in [0.29, 0.717) is 24.3 Å². The number of aliphatic carboxylic acids is 2. The average Bonchev–Trinajstić information content (AvgIpc) is 3.55. The molecule has 2 N–H and O–H groups in total. The molecule has 6 nitrogen and oxygen atoms in total. The highest BCUT2D eigenvalue weighted by molar-refractivity contribution is 8.01. The minimum atomic E-state index is -0.856. The van der Waals surface area contributed by atoms with Crippen LogP contribution in [-0.4, -0.2) is 56.7 Å². The van der Waals surface area contributed by atoms with Gasteiger partial charge in [0.25, 0.3) is 0 Å². The highest BCUT2D eigenvalue weighted by Gasteiger charge is 2.34. The number of hydrogen-bond donors (Lipinski definition) is 2. The summed E-state index contributed by atoms with van der Waals surface area (Å²) in [5.74, 6) is 1.44. The first-order valence-corrected chi connectivity index (χ1v) is 15.6. The summed E-state index contributed by atoms with van der Waals surface area (Å²) in [7, 11) is 0. The monoisotopic (exact) mass is 580 g/mol. The van der Waals surface area contributed by atoms with E-state index in [-0.39, 0.29) is 11.6 Å². The van der Waals surface area contributed by atoms with E-state index in [2.05, 4.69) is 0 Å². The van der Waals surface area contributed by atoms with Gasteiger partial charge in [0.05, 0.1) is 22.3 Å². The maximum atomic E-state index is 11.6. The lowest BCUT2D eigenvalue weighted by atomic mass is 9.80. The molecular formula is C32H36O6S2. The van der Waals surface area contributed by atoms with Crippen LogP contribution < -0.4 is 0 Å². The molecule has 0 amide bonds. The van der Waals surface area contributed by atoms with E-state index in [1.54, 1.807) is 37.4 Å². The fourth-order valence-corrected chi connectivity index (χ4v) is 6.23. The van der Waals surface area contributed by atoms with Crippen molar-refractivity contribution in [2.24, 2.45) is 0 Å². The third-order valence-electron chi connectivity index (χ3n) is 7.83. The van der Waals surface area contributed by atoms with Crippen LogP contribution in [0.15, 0.2) is 59.7 Å². The summed E-state index contributed by atoms with van der Waals surface area (Å²) in [6, 6.07) is 14.9. The molecule has 2 atom stereocenters. The number of Topliss-reactive ketones (excluding diaryl/α,β-unsaturated/α-hetero) is 2. The Kier molecular flexibility index (Phi) is 10.6. The molecule has 212 valence electrons. The molecule has 8 heteroatoms. The van der Waals surface area contributed by atoms with Crippen LogP contribution in [0.3, 0.4) is 0 Å². The van der Waals surface area contributed by atoms with Crippen LogP contribution in [0.2, 0.25) is 0 Å². The molecule has 0 bridgehead atoms. The van der Waals surface area contributed by atoms with E-state index in [1.807, 2.05) is 74.5 Å². The second-order valence-corrected chi connectivity index (χ2v) is 12.4. The van der Waals surface area contributed by atoms with Crippen LogP contribution in [0.1, 0.15) is 62.8 Å². The third-order valence-corrected chi connectivity index (χ3v) is 9.80. The van der Waals surface area contributed by atoms with Crippen LogP contribution in [0.5, 0.6) is 0 Å². The van der Waals surface area contributed by atoms with Crippen LogP contribution in [0.4, 0.5) is 0 Å². The largest absolute Gasteiger partial charge is 0.481 e. The quantitative estimate of drug-likeness (QED) is 0.352. The summed E-state index contributed by atoms with van der Waals surface area (Å²) in [6.07, 6.45) is 4.88. The first kappa shape index (κ1) is 31.4. The fourth-order valence-electron chi connectivity index (χ4n) is 4.35. The Labute approximate surface area is 244 Å². The first-order valence-electron chi connectivity index (χ1n) is 13.3. The number of carboxylic acids is 2. The van der Waals surface area contributed by atoms with Gasteiger partial charge < -0.3 is 10.2 Å². The lowest BCUT2D eigenvalue weighted by molar-refractivity contribution is -0.144. The molecule has 2 unspecified atom stereocenters. The van der Waals surface area contributed by atoms with Gasteiger partial charge in [0.1, 0.15) is 0 Å². The minimum Gasteiger partial charge on any atom is -0.481 e. The normalized spacial score (nSPS) is 20.1. The standard InChI is InChI=1S/2C16H18O3S/c2*1-3-16(2,15(18)19)13-6-4-11(5-7-13)8-12-9-20-10-14(12)17/h2*4-8H,3,9-10H2,1-2H3,(H,18,19). The van der Waals surface area contributed by atoms with Crippen LogP contribution in [0.25, 0.3) is 12.2 Å². The SMILES string of the molecule is CCC(C)(C(=O)O)c1ccc(C=C2CSCC2=O)cc1.CCC(C)(C(=O)O)c1ccc(C=C2CSCC2=O)cc1. The highest BCUT2D eigenvalue weighted by Crippen LogP contribution is 2.30. The molecule has 2 aromatic rings. The van der Waals surface area contributed by atoms with Crippen LogP contribution >= 0.6 is 23.5 Å². The highest BCUT2D eigenvalue weighted by atomic mass is 32.2. The maximum Gasteiger partial charge on any atom is 0.313 e. The Hall–Kier alpha value is -3.10. The number of ketones is 2. The molecule has 4 rings (SSSR count). The second kappa shape index (κ2) is 13.5. The molecule has 0 aliphatic carbocycles. The minimum absolute atomic E-state index is 0.197. The lowest BCUT2D eigenvalue weighted by Gasteiger charge is -2.23. The molecule has 2 aromatic carbocycles. The van der Waals surface area contributed by atoms with Gasteiger partial charge >= 0.3 is 11.9 Å². The smallest absolute Gasteiger partial charge is 0.313 e. The van der Waals surface area contributed by atoms with Crippen molar-refractivity contribution < 1.29 is 29.4 Å². The Morgan fingerprint density at radius 2 is 1.00 bits per heavy atom. The summed E-state index contributed by atoms with van der Waals surface area (Å²) >= 11 is 3.26. The molecule has 2 saturated heterocycles. The number of rotatable bonds is 8. The zero-order chi connectivity index (χ0) is 29.5. The van der Waals surface area contributed by atoms with Gasteiger partial charge in [0.15, 0.2) is 11.6 Å². The Morgan fingerprint density at radius 1 is 0.675 bits per heavy atom. The molecule has 0 spiro atoms. The van der Waals surface area contributed by atoms with Gasteiger partial charge in [-0.25, -0.2) is 0 Å². The number of carbonyl (C=O) groups is 4. The number of thioether (sulfide) groups is 2. The van der Waals surface area contributed by atoms with E-state index in [4.69, 9.17) is 0 Å². The van der Waals surface area contributed by atoms with Crippen molar-refractivity contribution in [3.05, 3.63) is 81.9 Å². The number of carboxylic acid groups (broad SMARTS) is 2. The molecule has 0 radical (unpaired) electrons. The van der Waals surface area contributed by atoms with Crippen molar-refractivity contribution in [2.75, 3.05) is 23.0 Å². The van der Waals surface area contributed by atoms with Crippen LogP contribution in [-0.2, 0) is 30.0 Å². The molecule has 0 saturated carbocycles. The van der Waals surface area contributed by atoms with Gasteiger partial charge in [-0.1, -0.05) is 62.4 Å². The Morgan fingerprint density at radius 3 is 1.23 bits per heavy atom. The lowest BCUT2D eigenvalue weighted by Crippen LogP contribution is -2.31. The van der Waals surface area contributed by atoms with E-state index in [1.165, 1.54) is 0 Å². The Bertz CT molecular complexity index is 1220. The molecule has 2 heterocycles. The molecule has 0 aromatic heterocycles. The van der Waals surface area contributed by atoms with Gasteiger partial charge in [-0.15, -0.1) is 23.5 Å². The summed E-state index contributed by atoms with van der Waals surface area (Å²) in [5, 5.41) is 18.7. The number of carbonyl (C=O) groups excluding carboxylic acids is 2. The summed E-state index contributed by atoms with van der Waals surface area (Å²) < 4.78 is 0. The molecule has 2 fully saturated rings. The first-order chi connectivity index (χ1) is 18.9. The van der Waals surface area contributed by atoms with Crippen molar-refractivity contribution in [2.45, 2.75) is 51.4 Å². The second-order valence-electron chi connectivity index (χ2n) is 10.4.